The van der Waals surface area contributed by atoms with Crippen LogP contribution in [0, 0.1) is 6.92 Å². The van der Waals surface area contributed by atoms with Crippen LogP contribution in [0.25, 0.3) is 16.9 Å². The molecule has 1 atom stereocenters. The van der Waals surface area contributed by atoms with Crippen molar-refractivity contribution >= 4 is 11.5 Å². The van der Waals surface area contributed by atoms with Crippen LogP contribution in [0.5, 0.6) is 0 Å². The van der Waals surface area contributed by atoms with Crippen LogP contribution in [0.15, 0.2) is 24.8 Å². The van der Waals surface area contributed by atoms with Gasteiger partial charge in [0.15, 0.2) is 11.5 Å². The maximum atomic E-state index is 4.97. The number of likely N-dealkylation sites (N-methyl/N-ethyl adjacent to an activating group) is 1. The average molecular weight is 337 g/mol. The summed E-state index contributed by atoms with van der Waals surface area (Å²) in [4.78, 5) is 14.2. The van der Waals surface area contributed by atoms with Crippen LogP contribution in [-0.2, 0) is 0 Å². The van der Waals surface area contributed by atoms with Crippen LogP contribution in [0.1, 0.15) is 25.1 Å². The second-order valence-electron chi connectivity index (χ2n) is 7.46. The molecule has 25 heavy (non-hydrogen) atoms. The molecular formula is C18H23N7. The second-order valence-corrected chi connectivity index (χ2v) is 7.46. The van der Waals surface area contributed by atoms with Gasteiger partial charge in [-0.05, 0) is 27.3 Å². The monoisotopic (exact) mass is 337 g/mol. The van der Waals surface area contributed by atoms with Gasteiger partial charge in [0.05, 0.1) is 17.9 Å². The highest BCUT2D eigenvalue weighted by Gasteiger charge is 2.29. The van der Waals surface area contributed by atoms with Gasteiger partial charge < -0.3 is 9.80 Å². The first kappa shape index (κ1) is 14.9. The summed E-state index contributed by atoms with van der Waals surface area (Å²) in [5.41, 5.74) is 4.10. The van der Waals surface area contributed by atoms with Crippen molar-refractivity contribution in [1.29, 1.82) is 0 Å². The molecule has 130 valence electrons. The van der Waals surface area contributed by atoms with Crippen LogP contribution in [0.2, 0.25) is 0 Å². The largest absolute Gasteiger partial charge is 0.351 e. The minimum absolute atomic E-state index is 0.479. The number of rotatable bonds is 3. The Morgan fingerprint density at radius 1 is 1.16 bits per heavy atom. The van der Waals surface area contributed by atoms with Crippen molar-refractivity contribution < 1.29 is 0 Å². The lowest BCUT2D eigenvalue weighted by atomic mass is 10.1. The van der Waals surface area contributed by atoms with E-state index in [-0.39, 0.29) is 0 Å². The van der Waals surface area contributed by atoms with Crippen molar-refractivity contribution in [3.63, 3.8) is 0 Å². The fraction of sp³-hybridized carbons (Fsp3) is 0.500. The summed E-state index contributed by atoms with van der Waals surface area (Å²) in [5, 5.41) is 4.57. The van der Waals surface area contributed by atoms with E-state index in [9.17, 15) is 0 Å². The van der Waals surface area contributed by atoms with E-state index >= 15 is 0 Å². The minimum atomic E-state index is 0.479. The third kappa shape index (κ3) is 2.26. The Hall–Kier alpha value is -2.41. The summed E-state index contributed by atoms with van der Waals surface area (Å²) in [6.07, 6.45) is 9.27. The van der Waals surface area contributed by atoms with Crippen molar-refractivity contribution in [1.82, 2.24) is 29.0 Å². The van der Waals surface area contributed by atoms with E-state index in [2.05, 4.69) is 62.3 Å². The predicted octanol–water partition coefficient (Wildman–Crippen LogP) is 1.99. The van der Waals surface area contributed by atoms with Crippen molar-refractivity contribution in [3.05, 3.63) is 30.5 Å². The molecule has 0 N–H and O–H groups in total. The number of nitrogens with zero attached hydrogens (tertiary/aromatic N) is 7. The highest BCUT2D eigenvalue weighted by atomic mass is 15.4. The van der Waals surface area contributed by atoms with Crippen LogP contribution < -0.4 is 4.90 Å². The molecule has 0 bridgehead atoms. The van der Waals surface area contributed by atoms with Crippen molar-refractivity contribution in [2.24, 2.45) is 0 Å². The molecule has 2 aliphatic heterocycles. The zero-order valence-electron chi connectivity index (χ0n) is 14.9. The van der Waals surface area contributed by atoms with Crippen LogP contribution in [0.4, 0.5) is 5.82 Å². The molecule has 2 saturated heterocycles. The van der Waals surface area contributed by atoms with E-state index in [1.807, 2.05) is 12.4 Å². The Balaban J connectivity index is 1.58. The molecule has 5 rings (SSSR count). The van der Waals surface area contributed by atoms with E-state index in [4.69, 9.17) is 4.98 Å². The predicted molar refractivity (Wildman–Crippen MR) is 96.9 cm³/mol. The molecular weight excluding hydrogens is 314 g/mol. The topological polar surface area (TPSA) is 54.5 Å². The zero-order chi connectivity index (χ0) is 17.1. The summed E-state index contributed by atoms with van der Waals surface area (Å²) >= 11 is 0. The fourth-order valence-corrected chi connectivity index (χ4v) is 3.76. The number of aromatic nitrogens is 5. The van der Waals surface area contributed by atoms with E-state index < -0.39 is 0 Å². The number of aryl methyl sites for hydroxylation is 1. The standard InChI is InChI=1S/C18H23N7/c1-12-4-5-23(12)18-17-19-6-13(2)24(17)11-16(21-18)14-7-20-25(8-14)15-9-22(3)10-15/h6-8,11-12,15H,4-5,9-10H2,1-3H3/t12-/m0/s1. The molecule has 0 amide bonds. The number of hydrogen-bond donors (Lipinski definition) is 0. The third-order valence-corrected chi connectivity index (χ3v) is 5.57. The first-order valence-electron chi connectivity index (χ1n) is 8.94. The molecule has 7 heteroatoms. The Kier molecular flexibility index (Phi) is 3.15. The fourth-order valence-electron chi connectivity index (χ4n) is 3.76. The Labute approximate surface area is 146 Å². The Morgan fingerprint density at radius 3 is 2.68 bits per heavy atom. The number of fused-ring (bicyclic) bond motifs is 1. The Bertz CT molecular complexity index is 934. The lowest BCUT2D eigenvalue weighted by Crippen LogP contribution is -2.46. The van der Waals surface area contributed by atoms with Crippen molar-refractivity contribution in [2.45, 2.75) is 32.4 Å². The Morgan fingerprint density at radius 2 is 2.00 bits per heavy atom. The van der Waals surface area contributed by atoms with Crippen LogP contribution in [0.3, 0.4) is 0 Å². The first-order valence-corrected chi connectivity index (χ1v) is 8.94. The summed E-state index contributed by atoms with van der Waals surface area (Å²) in [6, 6.07) is 1.00. The molecule has 2 fully saturated rings. The molecule has 3 aromatic rings. The second kappa shape index (κ2) is 5.29. The molecule has 0 aromatic carbocycles. The summed E-state index contributed by atoms with van der Waals surface area (Å²) in [5.74, 6) is 0.987. The third-order valence-electron chi connectivity index (χ3n) is 5.57. The average Bonchev–Trinajstić information content (AvgIpc) is 3.18. The smallest absolute Gasteiger partial charge is 0.180 e. The van der Waals surface area contributed by atoms with Crippen LogP contribution >= 0.6 is 0 Å². The lowest BCUT2D eigenvalue weighted by molar-refractivity contribution is 0.130. The molecule has 0 saturated carbocycles. The minimum Gasteiger partial charge on any atom is -0.351 e. The van der Waals surface area contributed by atoms with Crippen molar-refractivity contribution in [2.75, 3.05) is 31.6 Å². The molecule has 0 spiro atoms. The van der Waals surface area contributed by atoms with Crippen LogP contribution in [-0.4, -0.2) is 61.8 Å². The summed E-state index contributed by atoms with van der Waals surface area (Å²) < 4.78 is 4.23. The normalized spacial score (nSPS) is 21.6. The maximum absolute atomic E-state index is 4.97. The van der Waals surface area contributed by atoms with E-state index in [1.165, 1.54) is 6.42 Å². The highest BCUT2D eigenvalue weighted by Crippen LogP contribution is 2.31. The van der Waals surface area contributed by atoms with Gasteiger partial charge in [0, 0.05) is 55.5 Å². The lowest BCUT2D eigenvalue weighted by Gasteiger charge is -2.39. The number of imidazole rings is 1. The van der Waals surface area contributed by atoms with E-state index in [1.54, 1.807) is 0 Å². The van der Waals surface area contributed by atoms with Gasteiger partial charge in [-0.3, -0.25) is 9.08 Å². The van der Waals surface area contributed by atoms with Gasteiger partial charge in [-0.15, -0.1) is 0 Å². The molecule has 7 nitrogen and oxygen atoms in total. The van der Waals surface area contributed by atoms with Gasteiger partial charge in [0.2, 0.25) is 0 Å². The van der Waals surface area contributed by atoms with Gasteiger partial charge in [0.1, 0.15) is 0 Å². The molecule has 3 aromatic heterocycles. The summed E-state index contributed by atoms with van der Waals surface area (Å²) in [6.45, 7) is 7.50. The van der Waals surface area contributed by atoms with Gasteiger partial charge in [-0.2, -0.15) is 5.10 Å². The molecule has 2 aliphatic rings. The summed E-state index contributed by atoms with van der Waals surface area (Å²) in [7, 11) is 2.14. The van der Waals surface area contributed by atoms with Gasteiger partial charge >= 0.3 is 0 Å². The molecule has 5 heterocycles. The number of likely N-dealkylation sites (tertiary alicyclic amines) is 1. The molecule has 0 unspecified atom stereocenters. The zero-order valence-corrected chi connectivity index (χ0v) is 14.9. The van der Waals surface area contributed by atoms with Crippen molar-refractivity contribution in [3.8, 4) is 11.3 Å². The van der Waals surface area contributed by atoms with Gasteiger partial charge in [0.25, 0.3) is 0 Å². The molecule has 0 radical (unpaired) electrons. The first-order chi connectivity index (χ1) is 12.1. The van der Waals surface area contributed by atoms with E-state index in [0.29, 0.717) is 12.1 Å². The highest BCUT2D eigenvalue weighted by molar-refractivity contribution is 5.71. The number of hydrogen-bond acceptors (Lipinski definition) is 5. The number of anilines is 1. The van der Waals surface area contributed by atoms with Gasteiger partial charge in [-0.25, -0.2) is 9.97 Å². The quantitative estimate of drug-likeness (QED) is 0.731. The van der Waals surface area contributed by atoms with Gasteiger partial charge in [-0.1, -0.05) is 0 Å². The van der Waals surface area contributed by atoms with E-state index in [0.717, 1.165) is 48.1 Å². The SMILES string of the molecule is Cc1cnc2c(N3CC[C@@H]3C)nc(-c3cnn(C4CN(C)C4)c3)cn12. The maximum Gasteiger partial charge on any atom is 0.180 e. The molecule has 0 aliphatic carbocycles.